The average molecular weight is 424 g/mol. The van der Waals surface area contributed by atoms with Gasteiger partial charge in [0.1, 0.15) is 5.75 Å². The van der Waals surface area contributed by atoms with Crippen molar-refractivity contribution in [2.24, 2.45) is 0 Å². The van der Waals surface area contributed by atoms with Gasteiger partial charge in [-0.3, -0.25) is 0 Å². The van der Waals surface area contributed by atoms with Crippen LogP contribution >= 0.6 is 0 Å². The molecule has 0 atom stereocenters. The number of fused-ring (bicyclic) bond motifs is 4. The number of rotatable bonds is 3. The van der Waals surface area contributed by atoms with E-state index in [0.29, 0.717) is 11.3 Å². The van der Waals surface area contributed by atoms with Crippen LogP contribution in [0.2, 0.25) is 0 Å². The monoisotopic (exact) mass is 424 g/mol. The summed E-state index contributed by atoms with van der Waals surface area (Å²) >= 11 is 0. The van der Waals surface area contributed by atoms with Crippen LogP contribution in [0.1, 0.15) is 5.56 Å². The molecule has 0 aliphatic carbocycles. The zero-order valence-electron chi connectivity index (χ0n) is 17.9. The fourth-order valence-electron chi connectivity index (χ4n) is 4.40. The van der Waals surface area contributed by atoms with Crippen LogP contribution in [-0.2, 0) is 4.79 Å². The highest BCUT2D eigenvalue weighted by atomic mass is 16.5. The Balaban J connectivity index is 1.29. The number of esters is 1. The molecule has 0 amide bonds. The summed E-state index contributed by atoms with van der Waals surface area (Å²) in [7, 11) is 0. The lowest BCUT2D eigenvalue weighted by Crippen LogP contribution is -2.09. The van der Waals surface area contributed by atoms with E-state index in [0.717, 1.165) is 32.5 Å². The van der Waals surface area contributed by atoms with Crippen molar-refractivity contribution in [3.05, 3.63) is 121 Å². The maximum absolute atomic E-state index is 12.9. The van der Waals surface area contributed by atoms with Crippen molar-refractivity contribution >= 4 is 54.6 Å². The van der Waals surface area contributed by atoms with Crippen molar-refractivity contribution in [3.8, 4) is 5.75 Å². The van der Waals surface area contributed by atoms with Crippen molar-refractivity contribution in [2.45, 2.75) is 0 Å². The second-order valence-corrected chi connectivity index (χ2v) is 8.34. The first-order valence-corrected chi connectivity index (χ1v) is 10.9. The molecule has 6 aromatic carbocycles. The molecule has 0 aliphatic heterocycles. The minimum atomic E-state index is -0.449. The van der Waals surface area contributed by atoms with E-state index in [2.05, 4.69) is 55.1 Å². The molecule has 0 radical (unpaired) electrons. The van der Waals surface area contributed by atoms with Crippen molar-refractivity contribution < 1.29 is 9.53 Å². The van der Waals surface area contributed by atoms with Gasteiger partial charge in [-0.25, -0.2) is 4.79 Å². The van der Waals surface area contributed by atoms with Crippen LogP contribution in [0.3, 0.4) is 0 Å². The largest absolute Gasteiger partial charge is 0.423 e. The lowest BCUT2D eigenvalue weighted by atomic mass is 9.99. The number of benzene rings is 6. The topological polar surface area (TPSA) is 26.3 Å². The smallest absolute Gasteiger partial charge is 0.343 e. The Labute approximate surface area is 191 Å². The van der Waals surface area contributed by atoms with Crippen LogP contribution in [0, 0.1) is 0 Å². The Morgan fingerprint density at radius 3 is 1.55 bits per heavy atom. The first-order chi connectivity index (χ1) is 16.1. The summed E-state index contributed by atoms with van der Waals surface area (Å²) in [6.45, 7) is 4.02. The van der Waals surface area contributed by atoms with E-state index in [1.165, 1.54) is 16.2 Å². The molecule has 0 N–H and O–H groups in total. The Hall–Kier alpha value is -4.43. The molecule has 33 heavy (non-hydrogen) atoms. The van der Waals surface area contributed by atoms with Gasteiger partial charge in [-0.15, -0.1) is 0 Å². The number of carbonyl (C=O) groups is 1. The Bertz CT molecular complexity index is 1730. The van der Waals surface area contributed by atoms with Gasteiger partial charge in [-0.1, -0.05) is 73.3 Å². The van der Waals surface area contributed by atoms with E-state index in [1.807, 2.05) is 60.7 Å². The number of hydrogen-bond donors (Lipinski definition) is 0. The second kappa shape index (κ2) is 7.61. The van der Waals surface area contributed by atoms with Crippen LogP contribution in [0.15, 0.2) is 116 Å². The molecule has 0 aliphatic rings. The highest BCUT2D eigenvalue weighted by Crippen LogP contribution is 2.29. The first kappa shape index (κ1) is 19.3. The van der Waals surface area contributed by atoms with Crippen molar-refractivity contribution in [1.82, 2.24) is 0 Å². The van der Waals surface area contributed by atoms with Gasteiger partial charge in [0.15, 0.2) is 0 Å². The molecular weight excluding hydrogens is 404 g/mol. The lowest BCUT2D eigenvalue weighted by Gasteiger charge is -2.10. The van der Waals surface area contributed by atoms with Crippen molar-refractivity contribution in [2.75, 3.05) is 0 Å². The molecule has 6 aromatic rings. The average Bonchev–Trinajstić information content (AvgIpc) is 2.85. The van der Waals surface area contributed by atoms with Crippen LogP contribution in [-0.4, -0.2) is 5.97 Å². The molecule has 156 valence electrons. The summed E-state index contributed by atoms with van der Waals surface area (Å²) in [6.07, 6.45) is 0. The second-order valence-electron chi connectivity index (χ2n) is 8.34. The first-order valence-electron chi connectivity index (χ1n) is 10.9. The van der Waals surface area contributed by atoms with E-state index in [4.69, 9.17) is 4.74 Å². The van der Waals surface area contributed by atoms with Gasteiger partial charge in [0, 0.05) is 0 Å². The van der Waals surface area contributed by atoms with Crippen molar-refractivity contribution in [1.29, 1.82) is 0 Å². The molecule has 0 bridgehead atoms. The van der Waals surface area contributed by atoms with E-state index in [1.54, 1.807) is 0 Å². The zero-order valence-corrected chi connectivity index (χ0v) is 17.9. The highest BCUT2D eigenvalue weighted by molar-refractivity contribution is 6.17. The maximum atomic E-state index is 12.9. The normalized spacial score (nSPS) is 11.3. The third-order valence-corrected chi connectivity index (χ3v) is 6.19. The molecule has 6 rings (SSSR count). The Kier molecular flexibility index (Phi) is 4.44. The standard InChI is InChI=1S/C31H20O2/c1-20(21-10-11-26-15-22-6-2-4-8-24(22)17-28(26)14-21)31(32)33-30-13-12-27-16-23-7-3-5-9-25(23)18-29(27)19-30/h2-19H,1H2. The number of hydrogen-bond acceptors (Lipinski definition) is 2. The summed E-state index contributed by atoms with van der Waals surface area (Å²) in [5, 5.41) is 9.03. The van der Waals surface area contributed by atoms with Gasteiger partial charge in [0.2, 0.25) is 0 Å². The molecular formula is C31H20O2. The van der Waals surface area contributed by atoms with E-state index in [9.17, 15) is 4.79 Å². The van der Waals surface area contributed by atoms with Crippen molar-refractivity contribution in [3.63, 3.8) is 0 Å². The summed E-state index contributed by atoms with van der Waals surface area (Å²) in [4.78, 5) is 12.9. The third kappa shape index (κ3) is 3.52. The maximum Gasteiger partial charge on any atom is 0.343 e. The van der Waals surface area contributed by atoms with Gasteiger partial charge in [-0.05, 0) is 91.1 Å². The van der Waals surface area contributed by atoms with Crippen LogP contribution < -0.4 is 4.74 Å². The highest BCUT2D eigenvalue weighted by Gasteiger charge is 2.13. The fraction of sp³-hybridized carbons (Fsp3) is 0. The van der Waals surface area contributed by atoms with Gasteiger partial charge in [0.05, 0.1) is 5.57 Å². The molecule has 0 fully saturated rings. The predicted octanol–water partition coefficient (Wildman–Crippen LogP) is 7.92. The van der Waals surface area contributed by atoms with Crippen LogP contribution in [0.25, 0.3) is 48.7 Å². The van der Waals surface area contributed by atoms with Gasteiger partial charge in [0.25, 0.3) is 0 Å². The Morgan fingerprint density at radius 1 is 0.515 bits per heavy atom. The molecule has 0 saturated heterocycles. The van der Waals surface area contributed by atoms with E-state index < -0.39 is 5.97 Å². The molecule has 0 saturated carbocycles. The fourth-order valence-corrected chi connectivity index (χ4v) is 4.40. The van der Waals surface area contributed by atoms with E-state index in [-0.39, 0.29) is 0 Å². The lowest BCUT2D eigenvalue weighted by molar-refractivity contribution is -0.127. The molecule has 0 aromatic heterocycles. The van der Waals surface area contributed by atoms with Gasteiger partial charge >= 0.3 is 5.97 Å². The summed E-state index contributed by atoms with van der Waals surface area (Å²) in [5.41, 5.74) is 1.10. The minimum Gasteiger partial charge on any atom is -0.423 e. The zero-order chi connectivity index (χ0) is 22.4. The quantitative estimate of drug-likeness (QED) is 0.125. The SMILES string of the molecule is C=C(C(=O)Oc1ccc2cc3ccccc3cc2c1)c1ccc2cc3ccccc3cc2c1. The van der Waals surface area contributed by atoms with Crippen LogP contribution in [0.4, 0.5) is 0 Å². The minimum absolute atomic E-state index is 0.337. The Morgan fingerprint density at radius 2 is 0.970 bits per heavy atom. The molecule has 0 unspecified atom stereocenters. The summed E-state index contributed by atoms with van der Waals surface area (Å²) in [5.74, 6) is 0.0611. The predicted molar refractivity (Wildman–Crippen MR) is 138 cm³/mol. The molecule has 0 spiro atoms. The number of carbonyl (C=O) groups excluding carboxylic acids is 1. The summed E-state index contributed by atoms with van der Waals surface area (Å²) in [6, 6.07) is 36.7. The number of ether oxygens (including phenoxy) is 1. The third-order valence-electron chi connectivity index (χ3n) is 6.19. The van der Waals surface area contributed by atoms with Crippen LogP contribution in [0.5, 0.6) is 5.75 Å². The molecule has 0 heterocycles. The van der Waals surface area contributed by atoms with Gasteiger partial charge < -0.3 is 4.74 Å². The van der Waals surface area contributed by atoms with E-state index >= 15 is 0 Å². The molecule has 2 heteroatoms. The van der Waals surface area contributed by atoms with Gasteiger partial charge in [-0.2, -0.15) is 0 Å². The molecule has 2 nitrogen and oxygen atoms in total. The summed E-state index contributed by atoms with van der Waals surface area (Å²) < 4.78 is 5.69.